The molecule has 19 heavy (non-hydrogen) atoms. The van der Waals surface area contributed by atoms with Crippen molar-refractivity contribution in [3.05, 3.63) is 0 Å². The van der Waals surface area contributed by atoms with Crippen molar-refractivity contribution in [1.82, 2.24) is 9.80 Å². The summed E-state index contributed by atoms with van der Waals surface area (Å²) in [7, 11) is 0. The van der Waals surface area contributed by atoms with E-state index < -0.39 is 0 Å². The van der Waals surface area contributed by atoms with E-state index in [4.69, 9.17) is 5.73 Å². The van der Waals surface area contributed by atoms with E-state index in [2.05, 4.69) is 18.7 Å². The summed E-state index contributed by atoms with van der Waals surface area (Å²) in [5.41, 5.74) is 6.10. The molecule has 0 spiro atoms. The number of nitrogens with two attached hydrogens (primary N) is 1. The molecular formula is C15H29N3O. The van der Waals surface area contributed by atoms with E-state index >= 15 is 0 Å². The maximum atomic E-state index is 12.6. The first-order valence-electron chi connectivity index (χ1n) is 7.94. The van der Waals surface area contributed by atoms with Gasteiger partial charge in [0.2, 0.25) is 5.91 Å². The standard InChI is InChI=1S/C15H29N3O/c1-3-17(4-2)15(19)14-9-13(16)11-18(14)10-12-7-5-6-8-12/h12-14H,3-11,16H2,1-2H3/t13-,14+/m1/s1. The summed E-state index contributed by atoms with van der Waals surface area (Å²) in [6.45, 7) is 7.69. The maximum Gasteiger partial charge on any atom is 0.239 e. The van der Waals surface area contributed by atoms with Crippen molar-refractivity contribution in [2.75, 3.05) is 26.2 Å². The van der Waals surface area contributed by atoms with Crippen molar-refractivity contribution in [2.24, 2.45) is 11.7 Å². The topological polar surface area (TPSA) is 49.6 Å². The van der Waals surface area contributed by atoms with Crippen LogP contribution in [0.4, 0.5) is 0 Å². The molecule has 1 aliphatic carbocycles. The van der Waals surface area contributed by atoms with E-state index in [9.17, 15) is 4.79 Å². The second-order valence-corrected chi connectivity index (χ2v) is 6.13. The Hall–Kier alpha value is -0.610. The van der Waals surface area contributed by atoms with Crippen LogP contribution in [0.3, 0.4) is 0 Å². The number of nitrogens with zero attached hydrogens (tertiary/aromatic N) is 2. The van der Waals surface area contributed by atoms with Gasteiger partial charge in [-0.25, -0.2) is 0 Å². The molecule has 1 heterocycles. The molecule has 1 amide bonds. The first-order chi connectivity index (χ1) is 9.15. The van der Waals surface area contributed by atoms with Gasteiger partial charge in [-0.1, -0.05) is 12.8 Å². The number of hydrogen-bond acceptors (Lipinski definition) is 3. The quantitative estimate of drug-likeness (QED) is 0.820. The summed E-state index contributed by atoms with van der Waals surface area (Å²) < 4.78 is 0. The lowest BCUT2D eigenvalue weighted by Gasteiger charge is -2.30. The molecule has 4 heteroatoms. The van der Waals surface area contributed by atoms with E-state index in [1.807, 2.05) is 4.90 Å². The van der Waals surface area contributed by atoms with Gasteiger partial charge in [-0.15, -0.1) is 0 Å². The van der Waals surface area contributed by atoms with Gasteiger partial charge < -0.3 is 10.6 Å². The van der Waals surface area contributed by atoms with Gasteiger partial charge in [-0.05, 0) is 39.0 Å². The molecule has 0 unspecified atom stereocenters. The van der Waals surface area contributed by atoms with Gasteiger partial charge in [0.15, 0.2) is 0 Å². The fourth-order valence-electron chi connectivity index (χ4n) is 3.67. The van der Waals surface area contributed by atoms with Gasteiger partial charge in [0.05, 0.1) is 6.04 Å². The smallest absolute Gasteiger partial charge is 0.239 e. The first kappa shape index (κ1) is 14.8. The predicted molar refractivity (Wildman–Crippen MR) is 77.8 cm³/mol. The Morgan fingerprint density at radius 2 is 1.89 bits per heavy atom. The van der Waals surface area contributed by atoms with Crippen LogP contribution in [0.25, 0.3) is 0 Å². The number of rotatable bonds is 5. The molecule has 1 saturated carbocycles. The molecule has 0 aromatic carbocycles. The summed E-state index contributed by atoms with van der Waals surface area (Å²) in [6.07, 6.45) is 6.22. The van der Waals surface area contributed by atoms with Gasteiger partial charge in [-0.2, -0.15) is 0 Å². The molecular weight excluding hydrogens is 238 g/mol. The molecule has 2 fully saturated rings. The Labute approximate surface area is 117 Å². The van der Waals surface area contributed by atoms with Crippen LogP contribution in [-0.2, 0) is 4.79 Å². The Balaban J connectivity index is 1.97. The molecule has 2 aliphatic rings. The van der Waals surface area contributed by atoms with E-state index in [1.165, 1.54) is 25.7 Å². The summed E-state index contributed by atoms with van der Waals surface area (Å²) in [5.74, 6) is 1.08. The van der Waals surface area contributed by atoms with Gasteiger partial charge in [-0.3, -0.25) is 9.69 Å². The average Bonchev–Trinajstić information content (AvgIpc) is 3.01. The highest BCUT2D eigenvalue weighted by molar-refractivity contribution is 5.82. The minimum absolute atomic E-state index is 0.0375. The van der Waals surface area contributed by atoms with Gasteiger partial charge in [0, 0.05) is 32.2 Å². The summed E-state index contributed by atoms with van der Waals surface area (Å²) in [6, 6.07) is 0.210. The summed E-state index contributed by atoms with van der Waals surface area (Å²) in [5, 5.41) is 0. The van der Waals surface area contributed by atoms with Gasteiger partial charge >= 0.3 is 0 Å². The zero-order valence-electron chi connectivity index (χ0n) is 12.5. The lowest BCUT2D eigenvalue weighted by molar-refractivity contribution is -0.135. The second-order valence-electron chi connectivity index (χ2n) is 6.13. The molecule has 2 atom stereocenters. The van der Waals surface area contributed by atoms with Crippen molar-refractivity contribution in [2.45, 2.75) is 58.0 Å². The number of likely N-dealkylation sites (N-methyl/N-ethyl adjacent to an activating group) is 1. The Morgan fingerprint density at radius 1 is 1.26 bits per heavy atom. The number of carbonyl (C=O) groups excluding carboxylic acids is 1. The van der Waals surface area contributed by atoms with Crippen LogP contribution in [-0.4, -0.2) is 54.0 Å². The average molecular weight is 267 g/mol. The normalized spacial score (nSPS) is 29.0. The molecule has 2 rings (SSSR count). The van der Waals surface area contributed by atoms with Crippen LogP contribution >= 0.6 is 0 Å². The third kappa shape index (κ3) is 3.48. The molecule has 0 aromatic rings. The van der Waals surface area contributed by atoms with E-state index in [0.29, 0.717) is 0 Å². The van der Waals surface area contributed by atoms with E-state index in [-0.39, 0.29) is 18.0 Å². The highest BCUT2D eigenvalue weighted by atomic mass is 16.2. The second kappa shape index (κ2) is 6.71. The van der Waals surface area contributed by atoms with Crippen molar-refractivity contribution < 1.29 is 4.79 Å². The van der Waals surface area contributed by atoms with E-state index in [0.717, 1.165) is 38.5 Å². The lowest BCUT2D eigenvalue weighted by atomic mass is 10.1. The van der Waals surface area contributed by atoms with Crippen LogP contribution in [0.15, 0.2) is 0 Å². The highest BCUT2D eigenvalue weighted by Crippen LogP contribution is 2.28. The zero-order valence-corrected chi connectivity index (χ0v) is 12.5. The molecule has 110 valence electrons. The van der Waals surface area contributed by atoms with Crippen molar-refractivity contribution >= 4 is 5.91 Å². The molecule has 0 aromatic heterocycles. The molecule has 1 saturated heterocycles. The monoisotopic (exact) mass is 267 g/mol. The van der Waals surface area contributed by atoms with Crippen LogP contribution in [0, 0.1) is 5.92 Å². The molecule has 4 nitrogen and oxygen atoms in total. The third-order valence-corrected chi connectivity index (χ3v) is 4.76. The molecule has 0 radical (unpaired) electrons. The Morgan fingerprint density at radius 3 is 2.47 bits per heavy atom. The minimum atomic E-state index is 0.0375. The minimum Gasteiger partial charge on any atom is -0.342 e. The van der Waals surface area contributed by atoms with Crippen LogP contribution in [0.2, 0.25) is 0 Å². The Kier molecular flexibility index (Phi) is 5.22. The van der Waals surface area contributed by atoms with Crippen LogP contribution < -0.4 is 5.73 Å². The largest absolute Gasteiger partial charge is 0.342 e. The molecule has 0 bridgehead atoms. The number of hydrogen-bond donors (Lipinski definition) is 1. The molecule has 2 N–H and O–H groups in total. The number of carbonyl (C=O) groups is 1. The number of amides is 1. The van der Waals surface area contributed by atoms with Crippen molar-refractivity contribution in [1.29, 1.82) is 0 Å². The summed E-state index contributed by atoms with van der Waals surface area (Å²) >= 11 is 0. The Bertz CT molecular complexity index is 298. The van der Waals surface area contributed by atoms with Crippen molar-refractivity contribution in [3.8, 4) is 0 Å². The highest BCUT2D eigenvalue weighted by Gasteiger charge is 2.37. The van der Waals surface area contributed by atoms with Gasteiger partial charge in [0.25, 0.3) is 0 Å². The molecule has 1 aliphatic heterocycles. The lowest BCUT2D eigenvalue weighted by Crippen LogP contribution is -2.46. The van der Waals surface area contributed by atoms with Gasteiger partial charge in [0.1, 0.15) is 0 Å². The fourth-order valence-corrected chi connectivity index (χ4v) is 3.67. The number of likely N-dealkylation sites (tertiary alicyclic amines) is 1. The zero-order chi connectivity index (χ0) is 13.8. The van der Waals surface area contributed by atoms with E-state index in [1.54, 1.807) is 0 Å². The SMILES string of the molecule is CCN(CC)C(=O)[C@@H]1C[C@@H](N)CN1CC1CCCC1. The predicted octanol–water partition coefficient (Wildman–Crippen LogP) is 1.45. The first-order valence-corrected chi connectivity index (χ1v) is 7.94. The van der Waals surface area contributed by atoms with Crippen molar-refractivity contribution in [3.63, 3.8) is 0 Å². The summed E-state index contributed by atoms with van der Waals surface area (Å²) in [4.78, 5) is 16.9. The maximum absolute atomic E-state index is 12.6. The fraction of sp³-hybridized carbons (Fsp3) is 0.933. The van der Waals surface area contributed by atoms with Crippen LogP contribution in [0.5, 0.6) is 0 Å². The third-order valence-electron chi connectivity index (χ3n) is 4.76. The van der Waals surface area contributed by atoms with Crippen LogP contribution in [0.1, 0.15) is 46.0 Å².